The van der Waals surface area contributed by atoms with Crippen LogP contribution >= 0.6 is 0 Å². The van der Waals surface area contributed by atoms with E-state index in [1.807, 2.05) is 6.07 Å². The SMILES string of the molecule is O=C(C1CCCC1)N1CCCC(c2ccc3c(NCc4ccc(F)cc4)n[nH]c3n2)C1. The lowest BCUT2D eigenvalue weighted by molar-refractivity contribution is -0.136. The fourth-order valence-corrected chi connectivity index (χ4v) is 4.92. The van der Waals surface area contributed by atoms with E-state index in [0.717, 1.165) is 66.9 Å². The van der Waals surface area contributed by atoms with E-state index in [9.17, 15) is 9.18 Å². The highest BCUT2D eigenvalue weighted by atomic mass is 19.1. The van der Waals surface area contributed by atoms with Crippen molar-refractivity contribution in [1.29, 1.82) is 0 Å². The summed E-state index contributed by atoms with van der Waals surface area (Å²) in [6, 6.07) is 10.5. The number of pyridine rings is 1. The summed E-state index contributed by atoms with van der Waals surface area (Å²) >= 11 is 0. The van der Waals surface area contributed by atoms with E-state index in [0.29, 0.717) is 12.5 Å². The number of benzene rings is 1. The minimum atomic E-state index is -0.239. The zero-order valence-electron chi connectivity index (χ0n) is 17.6. The highest BCUT2D eigenvalue weighted by Gasteiger charge is 2.31. The fraction of sp³-hybridized carbons (Fsp3) is 0.458. The molecule has 1 aliphatic heterocycles. The van der Waals surface area contributed by atoms with Crippen LogP contribution in [0.1, 0.15) is 55.7 Å². The number of fused-ring (bicyclic) bond motifs is 1. The van der Waals surface area contributed by atoms with E-state index in [2.05, 4.69) is 26.5 Å². The standard InChI is InChI=1S/C24H28FN5O/c25-19-9-7-16(8-10-19)14-26-22-20-11-12-21(27-23(20)29-28-22)18-6-3-13-30(15-18)24(31)17-4-1-2-5-17/h7-12,17-18H,1-6,13-15H2,(H2,26,27,28,29). The van der Waals surface area contributed by atoms with Gasteiger partial charge in [-0.25, -0.2) is 9.37 Å². The van der Waals surface area contributed by atoms with Gasteiger partial charge in [-0.3, -0.25) is 9.89 Å². The molecule has 1 aromatic carbocycles. The number of nitrogens with zero attached hydrogens (tertiary/aromatic N) is 3. The van der Waals surface area contributed by atoms with Gasteiger partial charge in [0.1, 0.15) is 5.82 Å². The molecule has 0 radical (unpaired) electrons. The average molecular weight is 422 g/mol. The Kier molecular flexibility index (Phi) is 5.57. The van der Waals surface area contributed by atoms with E-state index in [1.165, 1.54) is 25.0 Å². The zero-order valence-corrected chi connectivity index (χ0v) is 17.6. The van der Waals surface area contributed by atoms with Crippen molar-refractivity contribution in [2.75, 3.05) is 18.4 Å². The van der Waals surface area contributed by atoms with Gasteiger partial charge in [-0.2, -0.15) is 5.10 Å². The topological polar surface area (TPSA) is 73.9 Å². The van der Waals surface area contributed by atoms with Crippen LogP contribution in [0.4, 0.5) is 10.2 Å². The van der Waals surface area contributed by atoms with Gasteiger partial charge in [0.25, 0.3) is 0 Å². The quantitative estimate of drug-likeness (QED) is 0.631. The van der Waals surface area contributed by atoms with Crippen molar-refractivity contribution in [3.8, 4) is 0 Å². The van der Waals surface area contributed by atoms with E-state index in [-0.39, 0.29) is 17.7 Å². The molecule has 7 heteroatoms. The Morgan fingerprint density at radius 3 is 2.71 bits per heavy atom. The van der Waals surface area contributed by atoms with Crippen molar-refractivity contribution >= 4 is 22.8 Å². The summed E-state index contributed by atoms with van der Waals surface area (Å²) in [5, 5.41) is 11.6. The summed E-state index contributed by atoms with van der Waals surface area (Å²) < 4.78 is 13.1. The first kappa shape index (κ1) is 20.0. The fourth-order valence-electron chi connectivity index (χ4n) is 4.92. The van der Waals surface area contributed by atoms with Crippen molar-refractivity contribution in [3.05, 3.63) is 53.5 Å². The monoisotopic (exact) mass is 421 g/mol. The molecule has 1 amide bonds. The zero-order chi connectivity index (χ0) is 21.2. The van der Waals surface area contributed by atoms with E-state index >= 15 is 0 Å². The minimum absolute atomic E-state index is 0.233. The van der Waals surface area contributed by atoms with Gasteiger partial charge in [0, 0.05) is 37.2 Å². The molecule has 5 rings (SSSR count). The molecular formula is C24H28FN5O. The number of hydrogen-bond acceptors (Lipinski definition) is 4. The smallest absolute Gasteiger partial charge is 0.225 e. The molecule has 2 fully saturated rings. The van der Waals surface area contributed by atoms with E-state index in [1.54, 1.807) is 12.1 Å². The Morgan fingerprint density at radius 1 is 1.10 bits per heavy atom. The summed E-state index contributed by atoms with van der Waals surface area (Å²) in [6.07, 6.45) is 6.54. The summed E-state index contributed by atoms with van der Waals surface area (Å²) in [6.45, 7) is 2.19. The second kappa shape index (κ2) is 8.65. The minimum Gasteiger partial charge on any atom is -0.364 e. The number of anilines is 1. The number of likely N-dealkylation sites (tertiary alicyclic amines) is 1. The molecule has 6 nitrogen and oxygen atoms in total. The number of rotatable bonds is 5. The number of hydrogen-bond donors (Lipinski definition) is 2. The second-order valence-corrected chi connectivity index (χ2v) is 8.79. The number of aromatic amines is 1. The van der Waals surface area contributed by atoms with Crippen LogP contribution in [0, 0.1) is 11.7 Å². The number of carbonyl (C=O) groups is 1. The molecule has 0 spiro atoms. The average Bonchev–Trinajstić information content (AvgIpc) is 3.48. The summed E-state index contributed by atoms with van der Waals surface area (Å²) in [7, 11) is 0. The van der Waals surface area contributed by atoms with E-state index in [4.69, 9.17) is 4.98 Å². The maximum Gasteiger partial charge on any atom is 0.225 e. The molecular weight excluding hydrogens is 393 g/mol. The summed E-state index contributed by atoms with van der Waals surface area (Å²) in [5.74, 6) is 1.34. The summed E-state index contributed by atoms with van der Waals surface area (Å²) in [5.41, 5.74) is 2.75. The predicted octanol–water partition coefficient (Wildman–Crippen LogP) is 4.61. The largest absolute Gasteiger partial charge is 0.364 e. The van der Waals surface area contributed by atoms with Crippen molar-refractivity contribution in [2.24, 2.45) is 5.92 Å². The number of halogens is 1. The number of nitrogens with one attached hydrogen (secondary N) is 2. The Balaban J connectivity index is 1.27. The molecule has 2 aliphatic rings. The summed E-state index contributed by atoms with van der Waals surface area (Å²) in [4.78, 5) is 19.8. The molecule has 2 N–H and O–H groups in total. The number of carbonyl (C=O) groups excluding carboxylic acids is 1. The van der Waals surface area contributed by atoms with Crippen LogP contribution in [0.5, 0.6) is 0 Å². The highest BCUT2D eigenvalue weighted by Crippen LogP contribution is 2.32. The maximum absolute atomic E-state index is 13.1. The van der Waals surface area contributed by atoms with Crippen molar-refractivity contribution in [3.63, 3.8) is 0 Å². The lowest BCUT2D eigenvalue weighted by Gasteiger charge is -2.34. The number of amides is 1. The number of H-pyrrole nitrogens is 1. The van der Waals surface area contributed by atoms with Gasteiger partial charge in [0.15, 0.2) is 11.5 Å². The third-order valence-electron chi connectivity index (χ3n) is 6.67. The Bertz CT molecular complexity index is 1060. The third-order valence-corrected chi connectivity index (χ3v) is 6.67. The van der Waals surface area contributed by atoms with Crippen molar-refractivity contribution in [1.82, 2.24) is 20.1 Å². The van der Waals surface area contributed by atoms with Gasteiger partial charge < -0.3 is 10.2 Å². The van der Waals surface area contributed by atoms with E-state index < -0.39 is 0 Å². The molecule has 1 saturated carbocycles. The Labute approximate surface area is 181 Å². The Morgan fingerprint density at radius 2 is 1.90 bits per heavy atom. The van der Waals surface area contributed by atoms with Crippen LogP contribution < -0.4 is 5.32 Å². The van der Waals surface area contributed by atoms with Crippen molar-refractivity contribution < 1.29 is 9.18 Å². The number of piperidine rings is 1. The first-order valence-corrected chi connectivity index (χ1v) is 11.3. The first-order valence-electron chi connectivity index (χ1n) is 11.3. The lowest BCUT2D eigenvalue weighted by atomic mass is 9.93. The third kappa shape index (κ3) is 4.27. The molecule has 1 unspecified atom stereocenters. The normalized spacial score (nSPS) is 19.8. The first-order chi connectivity index (χ1) is 15.2. The van der Waals surface area contributed by atoms with Gasteiger partial charge in [-0.15, -0.1) is 0 Å². The van der Waals surface area contributed by atoms with Gasteiger partial charge in [-0.1, -0.05) is 25.0 Å². The lowest BCUT2D eigenvalue weighted by Crippen LogP contribution is -2.42. The van der Waals surface area contributed by atoms with Gasteiger partial charge in [0.05, 0.1) is 5.39 Å². The van der Waals surface area contributed by atoms with Gasteiger partial charge >= 0.3 is 0 Å². The van der Waals surface area contributed by atoms with Gasteiger partial charge in [0.2, 0.25) is 5.91 Å². The maximum atomic E-state index is 13.1. The Hall–Kier alpha value is -2.96. The van der Waals surface area contributed by atoms with Crippen LogP contribution in [0.2, 0.25) is 0 Å². The van der Waals surface area contributed by atoms with Crippen molar-refractivity contribution in [2.45, 2.75) is 51.0 Å². The molecule has 2 aromatic heterocycles. The van der Waals surface area contributed by atoms with Crippen LogP contribution in [-0.2, 0) is 11.3 Å². The van der Waals surface area contributed by atoms with Crippen LogP contribution in [0.15, 0.2) is 36.4 Å². The van der Waals surface area contributed by atoms with Crippen LogP contribution in [0.25, 0.3) is 11.0 Å². The molecule has 1 atom stereocenters. The molecule has 31 heavy (non-hydrogen) atoms. The molecule has 3 aromatic rings. The highest BCUT2D eigenvalue weighted by molar-refractivity contribution is 5.87. The number of aromatic nitrogens is 3. The predicted molar refractivity (Wildman–Crippen MR) is 118 cm³/mol. The second-order valence-electron chi connectivity index (χ2n) is 8.79. The molecule has 3 heterocycles. The molecule has 0 bridgehead atoms. The molecule has 1 aliphatic carbocycles. The molecule has 1 saturated heterocycles. The van der Waals surface area contributed by atoms with Gasteiger partial charge in [-0.05, 0) is 55.5 Å². The van der Waals surface area contributed by atoms with Crippen LogP contribution in [-0.4, -0.2) is 39.1 Å². The van der Waals surface area contributed by atoms with Crippen LogP contribution in [0.3, 0.4) is 0 Å². The molecule has 162 valence electrons.